The van der Waals surface area contributed by atoms with Crippen LogP contribution in [0, 0.1) is 5.92 Å². The Bertz CT molecular complexity index is 757. The highest BCUT2D eigenvalue weighted by Gasteiger charge is 2.28. The number of hydrogen-bond acceptors (Lipinski definition) is 3. The first-order valence-corrected chi connectivity index (χ1v) is 9.81. The number of piperidine rings is 1. The highest BCUT2D eigenvalue weighted by Crippen LogP contribution is 2.28. The molecule has 3 rings (SSSR count). The van der Waals surface area contributed by atoms with E-state index in [4.69, 9.17) is 16.3 Å². The summed E-state index contributed by atoms with van der Waals surface area (Å²) >= 11 is 5.98. The second-order valence-corrected chi connectivity index (χ2v) is 7.50. The Balaban J connectivity index is 1.53. The lowest BCUT2D eigenvalue weighted by Crippen LogP contribution is -2.41. The number of rotatable bonds is 6. The summed E-state index contributed by atoms with van der Waals surface area (Å²) in [5.41, 5.74) is 1.78. The zero-order valence-corrected chi connectivity index (χ0v) is 16.4. The number of aryl methyl sites for hydroxylation is 1. The Hall–Kier alpha value is -2.04. The summed E-state index contributed by atoms with van der Waals surface area (Å²) in [5.74, 6) is 0.697. The fourth-order valence-electron chi connectivity index (χ4n) is 3.69. The Kier molecular flexibility index (Phi) is 6.75. The van der Waals surface area contributed by atoms with Gasteiger partial charge in [-0.05, 0) is 55.4 Å². The number of nitrogens with zero attached hydrogens (tertiary/aromatic N) is 1. The average Bonchev–Trinajstić information content (AvgIpc) is 2.72. The van der Waals surface area contributed by atoms with Crippen LogP contribution in [0.5, 0.6) is 5.75 Å². The molecule has 0 radical (unpaired) electrons. The molecule has 1 heterocycles. The maximum Gasteiger partial charge on any atom is 0.257 e. The molecule has 1 unspecified atom stereocenters. The number of aliphatic hydroxyl groups excluding tert-OH is 1. The van der Waals surface area contributed by atoms with Gasteiger partial charge in [-0.2, -0.15) is 0 Å². The van der Waals surface area contributed by atoms with Crippen molar-refractivity contribution < 1.29 is 14.6 Å². The van der Waals surface area contributed by atoms with Crippen LogP contribution in [0.4, 0.5) is 0 Å². The summed E-state index contributed by atoms with van der Waals surface area (Å²) in [6.07, 6.45) is 2.94. The van der Waals surface area contributed by atoms with Crippen LogP contribution in [-0.4, -0.2) is 42.2 Å². The lowest BCUT2D eigenvalue weighted by atomic mass is 9.88. The summed E-state index contributed by atoms with van der Waals surface area (Å²) in [5, 5.41) is 11.1. The molecule has 1 aliphatic heterocycles. The standard InChI is InChI=1S/C22H26ClNO3/c1-27-21-15-18(23)8-9-19(21)22(26)24-13-11-17(12-14-24)20(25)10-7-16-5-3-2-4-6-16/h2-6,8-9,15,17,20,25H,7,10-14H2,1H3. The first-order valence-electron chi connectivity index (χ1n) is 9.43. The van der Waals surface area contributed by atoms with E-state index in [1.165, 1.54) is 12.7 Å². The Labute approximate surface area is 165 Å². The van der Waals surface area contributed by atoms with Gasteiger partial charge in [0, 0.05) is 18.1 Å². The molecule has 0 aromatic heterocycles. The molecule has 1 N–H and O–H groups in total. The molecule has 5 heteroatoms. The minimum atomic E-state index is -0.326. The van der Waals surface area contributed by atoms with Crippen LogP contribution >= 0.6 is 11.6 Å². The maximum atomic E-state index is 12.8. The van der Waals surface area contributed by atoms with E-state index in [-0.39, 0.29) is 17.9 Å². The lowest BCUT2D eigenvalue weighted by molar-refractivity contribution is 0.0435. The van der Waals surface area contributed by atoms with Crippen LogP contribution in [0.3, 0.4) is 0 Å². The van der Waals surface area contributed by atoms with E-state index >= 15 is 0 Å². The molecule has 2 aromatic carbocycles. The van der Waals surface area contributed by atoms with Crippen molar-refractivity contribution in [3.05, 3.63) is 64.7 Å². The number of benzene rings is 2. The zero-order chi connectivity index (χ0) is 19.2. The molecule has 2 aromatic rings. The summed E-state index contributed by atoms with van der Waals surface area (Å²) in [7, 11) is 1.54. The van der Waals surface area contributed by atoms with Crippen LogP contribution in [0.25, 0.3) is 0 Å². The summed E-state index contributed by atoms with van der Waals surface area (Å²) < 4.78 is 5.30. The molecule has 0 saturated carbocycles. The summed E-state index contributed by atoms with van der Waals surface area (Å²) in [6, 6.07) is 15.3. The molecule has 27 heavy (non-hydrogen) atoms. The zero-order valence-electron chi connectivity index (χ0n) is 15.6. The molecule has 0 aliphatic carbocycles. The van der Waals surface area contributed by atoms with E-state index in [2.05, 4.69) is 12.1 Å². The van der Waals surface area contributed by atoms with Gasteiger partial charge in [0.1, 0.15) is 5.75 Å². The molecule has 0 spiro atoms. The van der Waals surface area contributed by atoms with Gasteiger partial charge in [0.25, 0.3) is 5.91 Å². The molecule has 1 saturated heterocycles. The van der Waals surface area contributed by atoms with Gasteiger partial charge in [-0.3, -0.25) is 4.79 Å². The van der Waals surface area contributed by atoms with Crippen molar-refractivity contribution >= 4 is 17.5 Å². The van der Waals surface area contributed by atoms with Gasteiger partial charge < -0.3 is 14.7 Å². The number of hydrogen-bond donors (Lipinski definition) is 1. The minimum Gasteiger partial charge on any atom is -0.496 e. The van der Waals surface area contributed by atoms with E-state index in [9.17, 15) is 9.90 Å². The Morgan fingerprint density at radius 2 is 1.93 bits per heavy atom. The van der Waals surface area contributed by atoms with E-state index in [0.717, 1.165) is 25.7 Å². The number of carbonyl (C=O) groups is 1. The van der Waals surface area contributed by atoms with Crippen molar-refractivity contribution in [2.24, 2.45) is 5.92 Å². The Morgan fingerprint density at radius 3 is 2.59 bits per heavy atom. The molecule has 144 valence electrons. The highest BCUT2D eigenvalue weighted by molar-refractivity contribution is 6.30. The minimum absolute atomic E-state index is 0.0410. The topological polar surface area (TPSA) is 49.8 Å². The fraction of sp³-hybridized carbons (Fsp3) is 0.409. The molecular formula is C22H26ClNO3. The smallest absolute Gasteiger partial charge is 0.257 e. The van der Waals surface area contributed by atoms with Crippen LogP contribution in [0.15, 0.2) is 48.5 Å². The summed E-state index contributed by atoms with van der Waals surface area (Å²) in [4.78, 5) is 14.7. The van der Waals surface area contributed by atoms with Crippen LogP contribution in [-0.2, 0) is 6.42 Å². The number of carbonyl (C=O) groups excluding carboxylic acids is 1. The SMILES string of the molecule is COc1cc(Cl)ccc1C(=O)N1CCC(C(O)CCc2ccccc2)CC1. The monoisotopic (exact) mass is 387 g/mol. The predicted molar refractivity (Wildman–Crippen MR) is 107 cm³/mol. The van der Waals surface area contributed by atoms with Crippen molar-refractivity contribution in [3.8, 4) is 5.75 Å². The van der Waals surface area contributed by atoms with Crippen LogP contribution in [0.2, 0.25) is 5.02 Å². The lowest BCUT2D eigenvalue weighted by Gasteiger charge is -2.34. The van der Waals surface area contributed by atoms with Crippen LogP contribution < -0.4 is 4.74 Å². The van der Waals surface area contributed by atoms with Gasteiger partial charge in [0.2, 0.25) is 0 Å². The van der Waals surface area contributed by atoms with Crippen molar-refractivity contribution in [2.75, 3.05) is 20.2 Å². The quantitative estimate of drug-likeness (QED) is 0.808. The van der Waals surface area contributed by atoms with Crippen molar-refractivity contribution in [2.45, 2.75) is 31.8 Å². The largest absolute Gasteiger partial charge is 0.496 e. The van der Waals surface area contributed by atoms with Crippen molar-refractivity contribution in [1.82, 2.24) is 4.90 Å². The molecule has 4 nitrogen and oxygen atoms in total. The second kappa shape index (κ2) is 9.25. The number of ether oxygens (including phenoxy) is 1. The summed E-state index contributed by atoms with van der Waals surface area (Å²) in [6.45, 7) is 1.30. The molecule has 1 atom stereocenters. The average molecular weight is 388 g/mol. The second-order valence-electron chi connectivity index (χ2n) is 7.07. The third kappa shape index (κ3) is 5.02. The molecule has 1 amide bonds. The third-order valence-corrected chi connectivity index (χ3v) is 5.57. The van der Waals surface area contributed by atoms with Gasteiger partial charge in [0.05, 0.1) is 18.8 Å². The number of halogens is 1. The van der Waals surface area contributed by atoms with Gasteiger partial charge in [-0.15, -0.1) is 0 Å². The van der Waals surface area contributed by atoms with E-state index in [1.807, 2.05) is 23.1 Å². The van der Waals surface area contributed by atoms with Gasteiger partial charge in [-0.1, -0.05) is 41.9 Å². The number of likely N-dealkylation sites (tertiary alicyclic amines) is 1. The van der Waals surface area contributed by atoms with Gasteiger partial charge in [-0.25, -0.2) is 0 Å². The maximum absolute atomic E-state index is 12.8. The normalized spacial score (nSPS) is 16.2. The highest BCUT2D eigenvalue weighted by atomic mass is 35.5. The first-order chi connectivity index (χ1) is 13.1. The number of aliphatic hydroxyl groups is 1. The van der Waals surface area contributed by atoms with E-state index in [0.29, 0.717) is 29.4 Å². The van der Waals surface area contributed by atoms with Crippen molar-refractivity contribution in [3.63, 3.8) is 0 Å². The molecule has 1 fully saturated rings. The van der Waals surface area contributed by atoms with Gasteiger partial charge >= 0.3 is 0 Å². The Morgan fingerprint density at radius 1 is 1.22 bits per heavy atom. The molecule has 1 aliphatic rings. The van der Waals surface area contributed by atoms with E-state index < -0.39 is 0 Å². The van der Waals surface area contributed by atoms with Gasteiger partial charge in [0.15, 0.2) is 0 Å². The fourth-order valence-corrected chi connectivity index (χ4v) is 3.86. The van der Waals surface area contributed by atoms with Crippen LogP contribution in [0.1, 0.15) is 35.2 Å². The third-order valence-electron chi connectivity index (χ3n) is 5.34. The molecular weight excluding hydrogens is 362 g/mol. The first kappa shape index (κ1) is 19.7. The number of amides is 1. The van der Waals surface area contributed by atoms with Crippen molar-refractivity contribution in [1.29, 1.82) is 0 Å². The van der Waals surface area contributed by atoms with E-state index in [1.54, 1.807) is 18.2 Å². The number of methoxy groups -OCH3 is 1. The predicted octanol–water partition coefficient (Wildman–Crippen LogP) is 4.19. The molecule has 0 bridgehead atoms.